The molecule has 16 amide bonds. The summed E-state index contributed by atoms with van der Waals surface area (Å²) in [4.78, 5) is 230. The van der Waals surface area contributed by atoms with Crippen LogP contribution in [0.1, 0.15) is 221 Å². The Kier molecular flexibility index (Phi) is 41.2. The molecule has 4 saturated heterocycles. The molecule has 0 aliphatic carbocycles. The second-order valence-corrected chi connectivity index (χ2v) is 35.9. The highest BCUT2D eigenvalue weighted by molar-refractivity contribution is 8.00. The molecule has 16 N–H and O–H groups in total. The SMILES string of the molecule is C/C=C1\NC(=O)[C@H](Cc2ccccc2)NC(=O)[C@@H](C(C)C)NC(=O)[C@@H]([C@@H](C)CC)NC(=O)[C@H](NC(=O)[C@H](NC(=O)[C@H](CCCNC(=O)CCCC[C@@H]2SC[C@@H]3NC(=O)N[C@@H]32)NC(=O)[C@H]2CCCN2C(=O)[C@H](NC(=O)[C@@H](NC(=O)[C@@H](NC(=O)[C@H](NC(=O)CCCC(C)C)C(C)C)[C@@H](C)O)C(C)C)C(C)C)[C@@H](C)CC)[C@@H](C)OC(=O)[C@H](C(C)C)NC1=O. The summed E-state index contributed by atoms with van der Waals surface area (Å²) in [6, 6.07) is -8.39. The lowest BCUT2D eigenvalue weighted by Gasteiger charge is -2.34. The van der Waals surface area contributed by atoms with Gasteiger partial charge in [-0.1, -0.05) is 173 Å². The predicted octanol–water partition coefficient (Wildman–Crippen LogP) is 2.72. The fraction of sp³-hybridized carbons (Fsp3) is 0.718. The third-order valence-corrected chi connectivity index (χ3v) is 24.1. The van der Waals surface area contributed by atoms with Crippen molar-refractivity contribution in [3.05, 3.63) is 47.7 Å². The van der Waals surface area contributed by atoms with Gasteiger partial charge in [0.25, 0.3) is 5.91 Å². The van der Waals surface area contributed by atoms with Crippen LogP contribution in [0.5, 0.6) is 0 Å². The number of aliphatic hydroxyl groups is 1. The van der Waals surface area contributed by atoms with Crippen LogP contribution in [-0.2, 0) is 83.1 Å². The molecule has 4 aliphatic heterocycles. The van der Waals surface area contributed by atoms with Gasteiger partial charge in [0, 0.05) is 43.4 Å². The van der Waals surface area contributed by atoms with E-state index in [-0.39, 0.29) is 105 Å². The van der Waals surface area contributed by atoms with Crippen LogP contribution in [0, 0.1) is 47.3 Å². The number of carbonyl (C=O) groups is 16. The van der Waals surface area contributed by atoms with Gasteiger partial charge in [0.1, 0.15) is 84.3 Å². The third kappa shape index (κ3) is 30.3. The Morgan fingerprint density at radius 2 is 1.18 bits per heavy atom. The van der Waals surface area contributed by atoms with Gasteiger partial charge in [-0.3, -0.25) is 67.1 Å². The molecule has 0 bridgehead atoms. The monoisotopic (exact) mass is 1700 g/mol. The van der Waals surface area contributed by atoms with Crippen LogP contribution in [0.25, 0.3) is 0 Å². The fourth-order valence-electron chi connectivity index (χ4n) is 14.7. The molecule has 35 heteroatoms. The number of thioether (sulfide) groups is 1. The molecule has 1 aromatic carbocycles. The average Bonchev–Trinajstić information content (AvgIpc) is 1.64. The topological polar surface area (TPSA) is 486 Å². The summed E-state index contributed by atoms with van der Waals surface area (Å²) in [5.74, 6) is -15.2. The Balaban J connectivity index is 1.46. The Morgan fingerprint density at radius 3 is 1.77 bits per heavy atom. The number of unbranched alkanes of at least 4 members (excludes halogenated alkanes) is 1. The molecule has 4 fully saturated rings. The molecule has 34 nitrogen and oxygen atoms in total. The number of esters is 1. The number of allylic oxidation sites excluding steroid dienone is 1. The Bertz CT molecular complexity index is 3730. The molecule has 0 radical (unpaired) electrons. The van der Waals surface area contributed by atoms with Gasteiger partial charge in [-0.05, 0) is 119 Å². The second-order valence-electron chi connectivity index (χ2n) is 34.6. The zero-order chi connectivity index (χ0) is 89.7. The highest BCUT2D eigenvalue weighted by Gasteiger charge is 2.46. The lowest BCUT2D eigenvalue weighted by Crippen LogP contribution is -2.64. The van der Waals surface area contributed by atoms with E-state index in [1.165, 1.54) is 31.7 Å². The van der Waals surface area contributed by atoms with Crippen molar-refractivity contribution in [2.75, 3.05) is 18.8 Å². The van der Waals surface area contributed by atoms with Crippen LogP contribution >= 0.6 is 11.8 Å². The quantitative estimate of drug-likeness (QED) is 0.0195. The molecule has 1 aromatic rings. The van der Waals surface area contributed by atoms with Crippen LogP contribution in [0.2, 0.25) is 0 Å². The van der Waals surface area contributed by atoms with E-state index in [0.29, 0.717) is 37.2 Å². The number of nitrogens with zero attached hydrogens (tertiary/aromatic N) is 1. The first kappa shape index (κ1) is 101. The standard InChI is InChI=1S/C85H138N16O18S/c1-20-49(16)67(80(113)99-70-52(19)119-84(117)66(48(14)15)95-72(105)54(22-3)87-74(107)56(41-53-32-24-23-25-33-53)89-76(109)63(45(8)9)92-79(112)68(50(17)21-2)97-82(70)115)96-73(106)55(34-29-39-86-60(103)37-27-26-36-59-71-57(42-120-59)90-85(118)100-71)88-75(108)58-35-30-40-101(58)83(116)65(47(12)13)94-78(111)64(46(10)11)93-81(114)69(51(18)102)98-77(110)62(44(6)7)91-61(104)38-28-31-43(4)5/h22-25,32-33,43-52,55-59,62-71,102H,20-21,26-31,34-42H2,1-19H3,(H,86,103)(H,87,107)(H,88,108)(H,89,109)(H,91,104)(H,92,112)(H,93,114)(H,94,111)(H,95,105)(H,96,106)(H,97,115)(H,98,110)(H,99,113)(H2,90,100,118)/b54-22-/t49-,50-,51+,52+,55-,56-,57-,58+,59-,62+,63+,64-,65+,66-,67+,68+,69-,70+,71-/m0/s1. The number of aliphatic hydroxyl groups excluding tert-OH is 1. The highest BCUT2D eigenvalue weighted by atomic mass is 32.2. The molecule has 4 aliphatic rings. The molecule has 120 heavy (non-hydrogen) atoms. The van der Waals surface area contributed by atoms with Gasteiger partial charge in [0.2, 0.25) is 76.8 Å². The van der Waals surface area contributed by atoms with E-state index in [9.17, 15) is 57.8 Å². The first-order valence-electron chi connectivity index (χ1n) is 43.0. The van der Waals surface area contributed by atoms with Gasteiger partial charge in [-0.25, -0.2) is 9.59 Å². The Labute approximate surface area is 711 Å². The van der Waals surface area contributed by atoms with Gasteiger partial charge in [0.05, 0.1) is 18.2 Å². The van der Waals surface area contributed by atoms with Crippen molar-refractivity contribution < 1.29 is 86.6 Å². The molecule has 0 aromatic heterocycles. The van der Waals surface area contributed by atoms with E-state index in [2.05, 4.69) is 79.8 Å². The number of amides is 16. The minimum absolute atomic E-state index is 0.00253. The fourth-order valence-corrected chi connectivity index (χ4v) is 16.3. The molecule has 19 atom stereocenters. The van der Waals surface area contributed by atoms with Gasteiger partial charge in [0.15, 0.2) is 0 Å². The molecule has 4 heterocycles. The van der Waals surface area contributed by atoms with Crippen LogP contribution in [0.4, 0.5) is 4.79 Å². The number of carbonyl (C=O) groups excluding carboxylic acids is 16. The summed E-state index contributed by atoms with van der Waals surface area (Å²) in [6.45, 7) is 31.5. The molecular weight excluding hydrogens is 1570 g/mol. The number of benzene rings is 1. The highest BCUT2D eigenvalue weighted by Crippen LogP contribution is 2.33. The first-order chi connectivity index (χ1) is 56.5. The largest absolute Gasteiger partial charge is 0.458 e. The summed E-state index contributed by atoms with van der Waals surface area (Å²) in [5, 5.41) is 52.5. The van der Waals surface area contributed by atoms with Crippen LogP contribution < -0.4 is 79.8 Å². The Morgan fingerprint density at radius 1 is 0.592 bits per heavy atom. The predicted molar refractivity (Wildman–Crippen MR) is 453 cm³/mol. The van der Waals surface area contributed by atoms with Crippen molar-refractivity contribution in [1.82, 2.24) is 84.7 Å². The van der Waals surface area contributed by atoms with E-state index >= 15 is 24.0 Å². The normalized spacial score (nSPS) is 24.0. The van der Waals surface area contributed by atoms with Crippen LogP contribution in [0.15, 0.2) is 42.1 Å². The van der Waals surface area contributed by atoms with Crippen molar-refractivity contribution in [2.45, 2.75) is 323 Å². The number of urea groups is 1. The number of hydrogen-bond acceptors (Lipinski definition) is 19. The molecular formula is C85H138N16O18S. The maximum Gasteiger partial charge on any atom is 0.329 e. The van der Waals surface area contributed by atoms with Crippen LogP contribution in [-0.4, -0.2) is 226 Å². The van der Waals surface area contributed by atoms with Gasteiger partial charge in [-0.2, -0.15) is 11.8 Å². The number of cyclic esters (lactones) is 1. The summed E-state index contributed by atoms with van der Waals surface area (Å²) in [7, 11) is 0. The lowest BCUT2D eigenvalue weighted by molar-refractivity contribution is -0.157. The number of likely N-dealkylation sites (tertiary alicyclic amines) is 1. The van der Waals surface area contributed by atoms with Crippen molar-refractivity contribution >= 4 is 106 Å². The van der Waals surface area contributed by atoms with E-state index in [4.69, 9.17) is 4.74 Å². The van der Waals surface area contributed by atoms with Gasteiger partial charge >= 0.3 is 12.0 Å². The maximum atomic E-state index is 15.4. The van der Waals surface area contributed by atoms with Gasteiger partial charge in [-0.15, -0.1) is 0 Å². The minimum atomic E-state index is -1.87. The zero-order valence-corrected chi connectivity index (χ0v) is 74.5. The zero-order valence-electron chi connectivity index (χ0n) is 73.7. The Hall–Kier alpha value is -9.41. The summed E-state index contributed by atoms with van der Waals surface area (Å²) >= 11 is 1.77. The molecule has 0 spiro atoms. The second kappa shape index (κ2) is 48.9. The van der Waals surface area contributed by atoms with Gasteiger partial charge < -0.3 is 94.5 Å². The van der Waals surface area contributed by atoms with Crippen LogP contribution in [0.3, 0.4) is 0 Å². The smallest absolute Gasteiger partial charge is 0.329 e. The number of nitrogens with one attached hydrogen (secondary N) is 15. The van der Waals surface area contributed by atoms with E-state index in [1.807, 2.05) is 13.8 Å². The van der Waals surface area contributed by atoms with Crippen molar-refractivity contribution in [2.24, 2.45) is 47.3 Å². The molecule has 0 saturated carbocycles. The van der Waals surface area contributed by atoms with E-state index in [1.54, 1.807) is 139 Å². The first-order valence-corrected chi connectivity index (χ1v) is 44.1. The van der Waals surface area contributed by atoms with E-state index < -0.39 is 203 Å². The minimum Gasteiger partial charge on any atom is -0.458 e. The summed E-state index contributed by atoms with van der Waals surface area (Å²) in [6.07, 6.45) is 2.72. The number of hydrogen-bond donors (Lipinski definition) is 16. The maximum absolute atomic E-state index is 15.4. The lowest BCUT2D eigenvalue weighted by atomic mass is 9.95. The molecule has 672 valence electrons. The summed E-state index contributed by atoms with van der Waals surface area (Å²) in [5.41, 5.74) is 0.344. The molecule has 0 unspecified atom stereocenters. The molecule has 5 rings (SSSR count). The number of rotatable bonds is 39. The van der Waals surface area contributed by atoms with E-state index in [0.717, 1.165) is 18.6 Å². The van der Waals surface area contributed by atoms with Crippen molar-refractivity contribution in [1.29, 1.82) is 0 Å². The van der Waals surface area contributed by atoms with Crippen molar-refractivity contribution in [3.8, 4) is 0 Å². The number of ether oxygens (including phenoxy) is 1. The van der Waals surface area contributed by atoms with Crippen molar-refractivity contribution in [3.63, 3.8) is 0 Å². The third-order valence-electron chi connectivity index (χ3n) is 22.6. The average molecular weight is 1700 g/mol. The number of fused-ring (bicyclic) bond motifs is 1. The summed E-state index contributed by atoms with van der Waals surface area (Å²) < 4.78 is 6.02.